The topological polar surface area (TPSA) is 97.9 Å². The van der Waals surface area contributed by atoms with Gasteiger partial charge in [-0.05, 0) is 45.4 Å². The summed E-state index contributed by atoms with van der Waals surface area (Å²) in [4.78, 5) is 11.1. The first-order valence-electron chi connectivity index (χ1n) is 9.68. The van der Waals surface area contributed by atoms with E-state index in [1.54, 1.807) is 11.6 Å². The van der Waals surface area contributed by atoms with E-state index in [4.69, 9.17) is 34.6 Å². The number of nitro groups is 1. The Hall–Kier alpha value is -1.58. The van der Waals surface area contributed by atoms with E-state index >= 15 is 0 Å². The molecule has 2 aliphatic heterocycles. The second-order valence-electron chi connectivity index (χ2n) is 7.26. The summed E-state index contributed by atoms with van der Waals surface area (Å²) in [6.07, 6.45) is 4.21. The number of rotatable bonds is 8. The van der Waals surface area contributed by atoms with Crippen LogP contribution in [0, 0.1) is 17.0 Å². The van der Waals surface area contributed by atoms with Gasteiger partial charge in [-0.2, -0.15) is 0 Å². The summed E-state index contributed by atoms with van der Waals surface area (Å²) in [5.41, 5.74) is 0.192. The van der Waals surface area contributed by atoms with Crippen molar-refractivity contribution in [1.29, 1.82) is 0 Å². The fourth-order valence-corrected chi connectivity index (χ4v) is 3.47. The largest absolute Gasteiger partial charge is 0.486 e. The summed E-state index contributed by atoms with van der Waals surface area (Å²) in [7, 11) is 12.0. The molecule has 0 bridgehead atoms. The maximum atomic E-state index is 11.6. The van der Waals surface area contributed by atoms with Gasteiger partial charge < -0.3 is 18.9 Å². The summed E-state index contributed by atoms with van der Waals surface area (Å²) in [6, 6.07) is 0.0153. The van der Waals surface area contributed by atoms with E-state index in [2.05, 4.69) is 5.10 Å². The van der Waals surface area contributed by atoms with Gasteiger partial charge in [-0.1, -0.05) is 0 Å². The van der Waals surface area contributed by atoms with Crippen molar-refractivity contribution < 1.29 is 23.9 Å². The molecule has 2 saturated heterocycles. The molecule has 2 aliphatic rings. The van der Waals surface area contributed by atoms with Crippen LogP contribution in [-0.4, -0.2) is 68.5 Å². The average molecular weight is 389 g/mol. The lowest BCUT2D eigenvalue weighted by Crippen LogP contribution is -2.39. The number of hydrogen-bond acceptors (Lipinski definition) is 7. The van der Waals surface area contributed by atoms with Crippen molar-refractivity contribution in [3.8, 4) is 5.88 Å². The Kier molecular flexibility index (Phi) is 7.00. The molecule has 0 amide bonds. The lowest BCUT2D eigenvalue weighted by molar-refractivity contribution is -0.386. The van der Waals surface area contributed by atoms with E-state index < -0.39 is 10.3 Å². The molecular formula is C17H25B2N3O6. The summed E-state index contributed by atoms with van der Waals surface area (Å²) >= 11 is 0. The zero-order valence-corrected chi connectivity index (χ0v) is 16.2. The molecule has 4 radical (unpaired) electrons. The van der Waals surface area contributed by atoms with E-state index in [1.165, 1.54) is 0 Å². The lowest BCUT2D eigenvalue weighted by Gasteiger charge is -2.28. The van der Waals surface area contributed by atoms with Gasteiger partial charge in [0.1, 0.15) is 21.4 Å². The molecule has 3 heterocycles. The van der Waals surface area contributed by atoms with Crippen LogP contribution < -0.4 is 4.74 Å². The highest BCUT2D eigenvalue weighted by Gasteiger charge is 2.33. The van der Waals surface area contributed by atoms with Crippen LogP contribution in [0.3, 0.4) is 0 Å². The van der Waals surface area contributed by atoms with Crippen molar-refractivity contribution >= 4 is 21.4 Å². The maximum Gasteiger partial charge on any atom is 0.352 e. The van der Waals surface area contributed by atoms with Crippen molar-refractivity contribution in [1.82, 2.24) is 9.78 Å². The Bertz CT molecular complexity index is 672. The second-order valence-corrected chi connectivity index (χ2v) is 7.26. The van der Waals surface area contributed by atoms with E-state index in [0.717, 1.165) is 32.1 Å². The monoisotopic (exact) mass is 389 g/mol. The highest BCUT2D eigenvalue weighted by Crippen LogP contribution is 2.35. The predicted molar refractivity (Wildman–Crippen MR) is 102 cm³/mol. The van der Waals surface area contributed by atoms with Crippen LogP contribution in [0.1, 0.15) is 50.3 Å². The van der Waals surface area contributed by atoms with Gasteiger partial charge >= 0.3 is 11.6 Å². The minimum Gasteiger partial charge on any atom is -0.486 e. The number of hydrogen-bond donors (Lipinski definition) is 0. The number of nitrogens with zero attached hydrogens (tertiary/aromatic N) is 3. The molecule has 1 atom stereocenters. The van der Waals surface area contributed by atoms with Gasteiger partial charge in [0.15, 0.2) is 6.29 Å². The maximum absolute atomic E-state index is 11.6. The molecule has 0 saturated carbocycles. The highest BCUT2D eigenvalue weighted by atomic mass is 16.7. The summed E-state index contributed by atoms with van der Waals surface area (Å²) < 4.78 is 23.6. The number of ether oxygens (including phenoxy) is 4. The Morgan fingerprint density at radius 2 is 2.04 bits per heavy atom. The molecule has 11 heteroatoms. The third-order valence-electron chi connectivity index (χ3n) is 5.03. The molecule has 0 aromatic carbocycles. The zero-order valence-electron chi connectivity index (χ0n) is 16.2. The standard InChI is InChI=1S/C17H25B2N3O6/c1-12-15(22(23)24)16(20-21(12)13-5-9-25-10-6-13)28-17(18,19)7-11-27-14-4-2-3-8-26-14/h13-14H,2-11H2,1H3. The van der Waals surface area contributed by atoms with Gasteiger partial charge in [0.05, 0.1) is 17.6 Å². The van der Waals surface area contributed by atoms with Crippen molar-refractivity contribution in [2.75, 3.05) is 26.4 Å². The quantitative estimate of drug-likeness (QED) is 0.380. The third kappa shape index (κ3) is 5.27. The zero-order chi connectivity index (χ0) is 20.1. The molecular weight excluding hydrogens is 364 g/mol. The van der Waals surface area contributed by atoms with Gasteiger partial charge in [-0.15, -0.1) is 5.10 Å². The molecule has 0 N–H and O–H groups in total. The van der Waals surface area contributed by atoms with Gasteiger partial charge in [-0.25, -0.2) is 0 Å². The van der Waals surface area contributed by atoms with E-state index in [0.29, 0.717) is 25.5 Å². The van der Waals surface area contributed by atoms with Crippen LogP contribution in [0.5, 0.6) is 5.88 Å². The molecule has 150 valence electrons. The Balaban J connectivity index is 1.66. The molecule has 28 heavy (non-hydrogen) atoms. The minimum absolute atomic E-state index is 0.0153. The summed E-state index contributed by atoms with van der Waals surface area (Å²) in [6.45, 7) is 3.71. The normalized spacial score (nSPS) is 21.5. The van der Waals surface area contributed by atoms with Crippen molar-refractivity contribution in [3.05, 3.63) is 15.8 Å². The SMILES string of the molecule is [B]C([B])(CCOC1CCCCO1)Oc1nn(C2CCOCC2)c(C)c1[N+](=O)[O-]. The molecule has 3 rings (SSSR count). The fourth-order valence-electron chi connectivity index (χ4n) is 3.47. The van der Waals surface area contributed by atoms with Crippen molar-refractivity contribution in [3.63, 3.8) is 0 Å². The first-order chi connectivity index (χ1) is 13.4. The third-order valence-corrected chi connectivity index (χ3v) is 5.03. The van der Waals surface area contributed by atoms with Crippen molar-refractivity contribution in [2.24, 2.45) is 0 Å². The fraction of sp³-hybridized carbons (Fsp3) is 0.824. The van der Waals surface area contributed by atoms with E-state index in [1.807, 2.05) is 0 Å². The molecule has 1 unspecified atom stereocenters. The van der Waals surface area contributed by atoms with E-state index in [9.17, 15) is 10.1 Å². The molecule has 1 aromatic heterocycles. The van der Waals surface area contributed by atoms with Crippen LogP contribution in [0.2, 0.25) is 0 Å². The van der Waals surface area contributed by atoms with Crippen LogP contribution in [0.15, 0.2) is 0 Å². The highest BCUT2D eigenvalue weighted by molar-refractivity contribution is 6.39. The first kappa shape index (κ1) is 21.1. The second kappa shape index (κ2) is 9.28. The van der Waals surface area contributed by atoms with E-state index in [-0.39, 0.29) is 36.9 Å². The van der Waals surface area contributed by atoms with Crippen LogP contribution in [0.25, 0.3) is 0 Å². The van der Waals surface area contributed by atoms with Crippen molar-refractivity contribution in [2.45, 2.75) is 63.2 Å². The average Bonchev–Trinajstić information content (AvgIpc) is 2.98. The molecule has 2 fully saturated rings. The van der Waals surface area contributed by atoms with Crippen LogP contribution >= 0.6 is 0 Å². The van der Waals surface area contributed by atoms with Gasteiger partial charge in [0, 0.05) is 25.2 Å². The minimum atomic E-state index is -1.65. The summed E-state index contributed by atoms with van der Waals surface area (Å²) in [5.74, 6) is -0.173. The smallest absolute Gasteiger partial charge is 0.352 e. The Morgan fingerprint density at radius 1 is 1.29 bits per heavy atom. The van der Waals surface area contributed by atoms with Gasteiger partial charge in [0.25, 0.3) is 0 Å². The predicted octanol–water partition coefficient (Wildman–Crippen LogP) is 1.75. The summed E-state index contributed by atoms with van der Waals surface area (Å²) in [5, 5.41) is 14.2. The van der Waals surface area contributed by atoms with Crippen LogP contribution in [0.4, 0.5) is 5.69 Å². The van der Waals surface area contributed by atoms with Gasteiger partial charge in [0.2, 0.25) is 0 Å². The lowest BCUT2D eigenvalue weighted by atomic mass is 9.63. The van der Waals surface area contributed by atoms with Gasteiger partial charge in [-0.3, -0.25) is 14.8 Å². The molecule has 1 aromatic rings. The molecule has 9 nitrogen and oxygen atoms in total. The first-order valence-corrected chi connectivity index (χ1v) is 9.68. The van der Waals surface area contributed by atoms with Crippen LogP contribution in [-0.2, 0) is 14.2 Å². The Labute approximate surface area is 167 Å². The Morgan fingerprint density at radius 3 is 2.68 bits per heavy atom. The number of aromatic nitrogens is 2. The molecule has 0 aliphatic carbocycles. The molecule has 0 spiro atoms.